The summed E-state index contributed by atoms with van der Waals surface area (Å²) in [5.74, 6) is -0.248. The number of ether oxygens (including phenoxy) is 1. The van der Waals surface area contributed by atoms with E-state index in [1.165, 1.54) is 11.1 Å². The Morgan fingerprint density at radius 1 is 1.16 bits per heavy atom. The Morgan fingerprint density at radius 2 is 1.94 bits per heavy atom. The summed E-state index contributed by atoms with van der Waals surface area (Å²) in [6, 6.07) is 15.8. The molecule has 1 aliphatic rings. The average Bonchev–Trinajstić information content (AvgIpc) is 3.16. The first-order valence-electron chi connectivity index (χ1n) is 10.4. The molecular weight excluding hydrogens is 414 g/mol. The maximum atomic E-state index is 13.0. The van der Waals surface area contributed by atoms with Gasteiger partial charge in [0.15, 0.2) is 5.69 Å². The van der Waals surface area contributed by atoms with Crippen molar-refractivity contribution in [2.45, 2.75) is 19.9 Å². The highest BCUT2D eigenvalue weighted by Gasteiger charge is 2.25. The van der Waals surface area contributed by atoms with Gasteiger partial charge in [-0.25, -0.2) is 4.68 Å². The van der Waals surface area contributed by atoms with E-state index in [4.69, 9.17) is 16.3 Å². The number of halogens is 1. The Bertz CT molecular complexity index is 1060. The zero-order chi connectivity index (χ0) is 21.8. The molecule has 1 fully saturated rings. The Kier molecular flexibility index (Phi) is 6.65. The van der Waals surface area contributed by atoms with Crippen LogP contribution in [0.4, 0.5) is 0 Å². The van der Waals surface area contributed by atoms with Crippen LogP contribution in [0.15, 0.2) is 48.5 Å². The molecule has 1 aliphatic heterocycles. The molecular formula is C23H26ClN5O2. The molecule has 8 heteroatoms. The number of para-hydroxylation sites is 1. The fourth-order valence-electron chi connectivity index (χ4n) is 3.89. The van der Waals surface area contributed by atoms with Crippen LogP contribution in [0.5, 0.6) is 0 Å². The minimum atomic E-state index is -0.248. The number of carbonyl (C=O) groups is 1. The molecule has 1 saturated heterocycles. The summed E-state index contributed by atoms with van der Waals surface area (Å²) in [5.41, 5.74) is 4.01. The summed E-state index contributed by atoms with van der Waals surface area (Å²) >= 11 is 6.28. The number of aryl methyl sites for hydroxylation is 1. The van der Waals surface area contributed by atoms with Crippen LogP contribution in [0, 0.1) is 13.8 Å². The molecule has 162 valence electrons. The van der Waals surface area contributed by atoms with Crippen molar-refractivity contribution >= 4 is 17.5 Å². The SMILES string of the molecule is Cc1cccc(C(CNC(=O)c2nnn(-c3ccccc3Cl)c2C)N2CCOCC2)c1. The minimum Gasteiger partial charge on any atom is -0.379 e. The van der Waals surface area contributed by atoms with Crippen molar-refractivity contribution in [3.05, 3.63) is 76.1 Å². The first kappa shape index (κ1) is 21.5. The van der Waals surface area contributed by atoms with Crippen molar-refractivity contribution in [3.8, 4) is 5.69 Å². The van der Waals surface area contributed by atoms with Crippen molar-refractivity contribution in [3.63, 3.8) is 0 Å². The summed E-state index contributed by atoms with van der Waals surface area (Å²) in [6.45, 7) is 7.42. The molecule has 4 rings (SSSR count). The van der Waals surface area contributed by atoms with Crippen LogP contribution in [0.2, 0.25) is 5.02 Å². The molecule has 1 atom stereocenters. The Morgan fingerprint density at radius 3 is 2.68 bits per heavy atom. The van der Waals surface area contributed by atoms with Crippen LogP contribution < -0.4 is 5.32 Å². The minimum absolute atomic E-state index is 0.0617. The van der Waals surface area contributed by atoms with E-state index < -0.39 is 0 Å². The first-order valence-corrected chi connectivity index (χ1v) is 10.8. The lowest BCUT2D eigenvalue weighted by Gasteiger charge is -2.35. The van der Waals surface area contributed by atoms with Gasteiger partial charge in [-0.1, -0.05) is 58.8 Å². The van der Waals surface area contributed by atoms with E-state index in [1.807, 2.05) is 25.1 Å². The summed E-state index contributed by atoms with van der Waals surface area (Å²) in [5, 5.41) is 11.9. The highest BCUT2D eigenvalue weighted by molar-refractivity contribution is 6.32. The molecule has 3 aromatic rings. The van der Waals surface area contributed by atoms with E-state index in [0.717, 1.165) is 13.1 Å². The molecule has 31 heavy (non-hydrogen) atoms. The van der Waals surface area contributed by atoms with Crippen molar-refractivity contribution < 1.29 is 9.53 Å². The molecule has 1 unspecified atom stereocenters. The van der Waals surface area contributed by atoms with Gasteiger partial charge in [-0.3, -0.25) is 9.69 Å². The van der Waals surface area contributed by atoms with Gasteiger partial charge in [-0.15, -0.1) is 5.10 Å². The number of hydrogen-bond donors (Lipinski definition) is 1. The molecule has 0 aliphatic carbocycles. The molecule has 1 N–H and O–H groups in total. The van der Waals surface area contributed by atoms with Crippen LogP contribution in [-0.4, -0.2) is 58.6 Å². The lowest BCUT2D eigenvalue weighted by atomic mass is 10.0. The monoisotopic (exact) mass is 439 g/mol. The average molecular weight is 440 g/mol. The Hall–Kier alpha value is -2.74. The standard InChI is InChI=1S/C23H26ClN5O2/c1-16-6-5-7-18(14-16)21(28-10-12-31-13-11-28)15-25-23(30)22-17(2)29(27-26-22)20-9-4-3-8-19(20)24/h3-9,14,21H,10-13,15H2,1-2H3,(H,25,30). The summed E-state index contributed by atoms with van der Waals surface area (Å²) in [7, 11) is 0. The maximum Gasteiger partial charge on any atom is 0.273 e. The van der Waals surface area contributed by atoms with Gasteiger partial charge >= 0.3 is 0 Å². The number of nitrogens with one attached hydrogen (secondary N) is 1. The second-order valence-electron chi connectivity index (χ2n) is 7.67. The lowest BCUT2D eigenvalue weighted by molar-refractivity contribution is 0.0162. The predicted molar refractivity (Wildman–Crippen MR) is 120 cm³/mol. The fourth-order valence-corrected chi connectivity index (χ4v) is 4.10. The highest BCUT2D eigenvalue weighted by Crippen LogP contribution is 2.23. The first-order chi connectivity index (χ1) is 15.0. The van der Waals surface area contributed by atoms with E-state index in [1.54, 1.807) is 10.7 Å². The second-order valence-corrected chi connectivity index (χ2v) is 8.08. The van der Waals surface area contributed by atoms with Crippen molar-refractivity contribution in [2.24, 2.45) is 0 Å². The van der Waals surface area contributed by atoms with Crippen molar-refractivity contribution in [2.75, 3.05) is 32.8 Å². The van der Waals surface area contributed by atoms with Gasteiger partial charge in [-0.05, 0) is 31.5 Å². The number of hydrogen-bond acceptors (Lipinski definition) is 5. The predicted octanol–water partition coefficient (Wildman–Crippen LogP) is 3.34. The fraction of sp³-hybridized carbons (Fsp3) is 0.348. The molecule has 0 saturated carbocycles. The topological polar surface area (TPSA) is 72.3 Å². The summed E-state index contributed by atoms with van der Waals surface area (Å²) in [4.78, 5) is 15.3. The van der Waals surface area contributed by atoms with Crippen LogP contribution in [-0.2, 0) is 4.74 Å². The van der Waals surface area contributed by atoms with Crippen molar-refractivity contribution in [1.82, 2.24) is 25.2 Å². The van der Waals surface area contributed by atoms with Gasteiger partial charge in [0.2, 0.25) is 0 Å². The molecule has 1 amide bonds. The van der Waals surface area contributed by atoms with Crippen LogP contribution >= 0.6 is 11.6 Å². The number of aromatic nitrogens is 3. The molecule has 0 bridgehead atoms. The molecule has 7 nitrogen and oxygen atoms in total. The summed E-state index contributed by atoms with van der Waals surface area (Å²) in [6.07, 6.45) is 0. The van der Waals surface area contributed by atoms with E-state index in [0.29, 0.717) is 41.9 Å². The summed E-state index contributed by atoms with van der Waals surface area (Å²) < 4.78 is 7.11. The Balaban J connectivity index is 1.52. The van der Waals surface area contributed by atoms with Gasteiger partial charge in [0.05, 0.1) is 35.7 Å². The number of carbonyl (C=O) groups excluding carboxylic acids is 1. The van der Waals surface area contributed by atoms with Gasteiger partial charge in [-0.2, -0.15) is 0 Å². The van der Waals surface area contributed by atoms with Crippen LogP contribution in [0.1, 0.15) is 33.4 Å². The number of amides is 1. The molecule has 2 aromatic carbocycles. The van der Waals surface area contributed by atoms with Crippen molar-refractivity contribution in [1.29, 1.82) is 0 Å². The third-order valence-corrected chi connectivity index (χ3v) is 5.88. The van der Waals surface area contributed by atoms with Gasteiger partial charge in [0, 0.05) is 19.6 Å². The van der Waals surface area contributed by atoms with Gasteiger partial charge < -0.3 is 10.1 Å². The zero-order valence-electron chi connectivity index (χ0n) is 17.7. The van der Waals surface area contributed by atoms with Crippen LogP contribution in [0.25, 0.3) is 5.69 Å². The molecule has 0 spiro atoms. The number of nitrogens with zero attached hydrogens (tertiary/aromatic N) is 4. The maximum absolute atomic E-state index is 13.0. The largest absolute Gasteiger partial charge is 0.379 e. The highest BCUT2D eigenvalue weighted by atomic mass is 35.5. The number of rotatable bonds is 6. The normalized spacial score (nSPS) is 15.6. The Labute approximate surface area is 187 Å². The third-order valence-electron chi connectivity index (χ3n) is 5.56. The van der Waals surface area contributed by atoms with Crippen LogP contribution in [0.3, 0.4) is 0 Å². The smallest absolute Gasteiger partial charge is 0.273 e. The third kappa shape index (κ3) is 4.79. The van der Waals surface area contributed by atoms with Gasteiger partial charge in [0.25, 0.3) is 5.91 Å². The lowest BCUT2D eigenvalue weighted by Crippen LogP contribution is -2.44. The van der Waals surface area contributed by atoms with E-state index in [9.17, 15) is 4.79 Å². The van der Waals surface area contributed by atoms with E-state index in [2.05, 4.69) is 51.7 Å². The van der Waals surface area contributed by atoms with E-state index in [-0.39, 0.29) is 11.9 Å². The molecule has 1 aromatic heterocycles. The second kappa shape index (κ2) is 9.60. The quantitative estimate of drug-likeness (QED) is 0.637. The number of morpholine rings is 1. The number of benzene rings is 2. The van der Waals surface area contributed by atoms with E-state index >= 15 is 0 Å². The molecule has 2 heterocycles. The van der Waals surface area contributed by atoms with Gasteiger partial charge in [0.1, 0.15) is 0 Å². The molecule has 0 radical (unpaired) electrons. The zero-order valence-corrected chi connectivity index (χ0v) is 18.5.